The number of rotatable bonds is 9. The molecule has 1 saturated heterocycles. The lowest BCUT2D eigenvalue weighted by atomic mass is 10.1. The fraction of sp³-hybridized carbons (Fsp3) is 0.600. The minimum atomic E-state index is -0.516. The van der Waals surface area contributed by atoms with E-state index in [4.69, 9.17) is 4.74 Å². The summed E-state index contributed by atoms with van der Waals surface area (Å²) in [4.78, 5) is 28.6. The third-order valence-corrected chi connectivity index (χ3v) is 5.82. The number of hydrogen-bond donors (Lipinski definition) is 2. The maximum absolute atomic E-state index is 12.7. The van der Waals surface area contributed by atoms with Gasteiger partial charge in [-0.2, -0.15) is 0 Å². The lowest BCUT2D eigenvalue weighted by molar-refractivity contribution is -0.122. The van der Waals surface area contributed by atoms with Crippen LogP contribution in [0.3, 0.4) is 0 Å². The van der Waals surface area contributed by atoms with E-state index in [9.17, 15) is 9.59 Å². The normalized spacial score (nSPS) is 17.0. The maximum atomic E-state index is 12.7. The van der Waals surface area contributed by atoms with Gasteiger partial charge >= 0.3 is 6.03 Å². The molecule has 1 aliphatic heterocycles. The number of halogens is 1. The van der Waals surface area contributed by atoms with Gasteiger partial charge in [-0.15, -0.1) is 0 Å². The zero-order valence-corrected chi connectivity index (χ0v) is 18.5. The summed E-state index contributed by atoms with van der Waals surface area (Å²) in [5.41, 5.74) is 2.26. The number of morpholine rings is 1. The molecule has 2 N–H and O–H groups in total. The molecule has 2 amide bonds. The molecule has 0 aromatic heterocycles. The van der Waals surface area contributed by atoms with Crippen LogP contribution < -0.4 is 10.6 Å². The summed E-state index contributed by atoms with van der Waals surface area (Å²) < 4.78 is 5.38. The van der Waals surface area contributed by atoms with Crippen molar-refractivity contribution in [2.45, 2.75) is 44.5 Å². The molecule has 1 fully saturated rings. The predicted molar refractivity (Wildman–Crippen MR) is 113 cm³/mol. The van der Waals surface area contributed by atoms with E-state index in [0.717, 1.165) is 38.4 Å². The SMILES string of the molecule is CCC(=O)[C@H](C)N(C(=O)NCc1ccc(CN2CCOCC2)cc1)C(Br)NC. The highest BCUT2D eigenvalue weighted by molar-refractivity contribution is 9.09. The van der Waals surface area contributed by atoms with Crippen LogP contribution in [0.5, 0.6) is 0 Å². The Labute approximate surface area is 175 Å². The largest absolute Gasteiger partial charge is 0.379 e. The van der Waals surface area contributed by atoms with Crippen LogP contribution in [-0.4, -0.2) is 66.1 Å². The second-order valence-corrected chi connectivity index (χ2v) is 7.76. The molecule has 2 atom stereocenters. The van der Waals surface area contributed by atoms with Gasteiger partial charge in [0.1, 0.15) is 5.08 Å². The van der Waals surface area contributed by atoms with Gasteiger partial charge in [0.2, 0.25) is 0 Å². The zero-order valence-electron chi connectivity index (χ0n) is 16.9. The number of ether oxygens (including phenoxy) is 1. The van der Waals surface area contributed by atoms with E-state index >= 15 is 0 Å². The van der Waals surface area contributed by atoms with Crippen LogP contribution >= 0.6 is 15.9 Å². The maximum Gasteiger partial charge on any atom is 0.320 e. The smallest absolute Gasteiger partial charge is 0.320 e. The van der Waals surface area contributed by atoms with Crippen molar-refractivity contribution in [2.24, 2.45) is 0 Å². The van der Waals surface area contributed by atoms with E-state index in [1.54, 1.807) is 20.9 Å². The summed E-state index contributed by atoms with van der Waals surface area (Å²) in [6.07, 6.45) is 0.388. The van der Waals surface area contributed by atoms with Crippen molar-refractivity contribution in [2.75, 3.05) is 33.4 Å². The summed E-state index contributed by atoms with van der Waals surface area (Å²) >= 11 is 3.41. The van der Waals surface area contributed by atoms with Gasteiger partial charge in [0.05, 0.1) is 19.3 Å². The minimum Gasteiger partial charge on any atom is -0.379 e. The molecule has 0 bridgehead atoms. The number of urea groups is 1. The third-order valence-electron chi connectivity index (χ3n) is 4.93. The Morgan fingerprint density at radius 1 is 1.21 bits per heavy atom. The Hall–Kier alpha value is -1.48. The molecule has 0 radical (unpaired) electrons. The van der Waals surface area contributed by atoms with Crippen molar-refractivity contribution in [1.29, 1.82) is 0 Å². The van der Waals surface area contributed by atoms with Crippen LogP contribution in [0, 0.1) is 0 Å². The van der Waals surface area contributed by atoms with Gasteiger partial charge < -0.3 is 10.1 Å². The molecule has 0 saturated carbocycles. The number of amides is 2. The molecule has 1 aromatic rings. The molecule has 0 aliphatic carbocycles. The lowest BCUT2D eigenvalue weighted by Crippen LogP contribution is -2.54. The highest BCUT2D eigenvalue weighted by Gasteiger charge is 2.29. The van der Waals surface area contributed by atoms with Gasteiger partial charge in [-0.3, -0.25) is 19.9 Å². The molecule has 1 aromatic carbocycles. The van der Waals surface area contributed by atoms with Crippen molar-refractivity contribution >= 4 is 27.7 Å². The van der Waals surface area contributed by atoms with E-state index in [-0.39, 0.29) is 11.8 Å². The monoisotopic (exact) mass is 454 g/mol. The molecular weight excluding hydrogens is 424 g/mol. The van der Waals surface area contributed by atoms with Gasteiger partial charge in [0.15, 0.2) is 5.78 Å². The second kappa shape index (κ2) is 11.5. The molecule has 7 nitrogen and oxygen atoms in total. The number of alkyl halides is 1. The molecule has 0 spiro atoms. The molecule has 28 heavy (non-hydrogen) atoms. The predicted octanol–water partition coefficient (Wildman–Crippen LogP) is 2.30. The fourth-order valence-corrected chi connectivity index (χ4v) is 3.65. The number of carbonyl (C=O) groups is 2. The Morgan fingerprint density at radius 2 is 1.82 bits per heavy atom. The Morgan fingerprint density at radius 3 is 2.39 bits per heavy atom. The molecule has 8 heteroatoms. The van der Waals surface area contributed by atoms with E-state index in [2.05, 4.69) is 43.6 Å². The first-order valence-electron chi connectivity index (χ1n) is 9.74. The number of nitrogens with one attached hydrogen (secondary N) is 2. The average molecular weight is 455 g/mol. The van der Waals surface area contributed by atoms with Gasteiger partial charge in [-0.05, 0) is 41.0 Å². The van der Waals surface area contributed by atoms with Crippen molar-refractivity contribution in [1.82, 2.24) is 20.4 Å². The number of carbonyl (C=O) groups excluding carboxylic acids is 2. The highest BCUT2D eigenvalue weighted by atomic mass is 79.9. The standard InChI is InChI=1S/C20H31BrN4O3/c1-4-18(26)15(2)25(19(21)22-3)20(27)23-13-16-5-7-17(8-6-16)14-24-9-11-28-12-10-24/h5-8,15,19,22H,4,9-14H2,1-3H3,(H,23,27)/t15-,19?/m0/s1. The number of ketones is 1. The van der Waals surface area contributed by atoms with E-state index in [1.165, 1.54) is 10.5 Å². The zero-order chi connectivity index (χ0) is 20.5. The highest BCUT2D eigenvalue weighted by Crippen LogP contribution is 2.13. The van der Waals surface area contributed by atoms with E-state index in [0.29, 0.717) is 13.0 Å². The molecule has 2 rings (SSSR count). The van der Waals surface area contributed by atoms with Crippen LogP contribution in [0.2, 0.25) is 0 Å². The van der Waals surface area contributed by atoms with Crippen LogP contribution in [0.15, 0.2) is 24.3 Å². The number of Topliss-reactive ketones (excluding diaryl/α,β-unsaturated/α-hetero) is 1. The topological polar surface area (TPSA) is 73.9 Å². The first-order chi connectivity index (χ1) is 13.5. The minimum absolute atomic E-state index is 0.0160. The molecular formula is C20H31BrN4O3. The molecule has 1 unspecified atom stereocenters. The van der Waals surface area contributed by atoms with Crippen LogP contribution in [0.1, 0.15) is 31.4 Å². The number of nitrogens with zero attached hydrogens (tertiary/aromatic N) is 2. The summed E-state index contributed by atoms with van der Waals surface area (Å²) in [5, 5.41) is 5.46. The first-order valence-corrected chi connectivity index (χ1v) is 10.7. The van der Waals surface area contributed by atoms with Crippen molar-refractivity contribution < 1.29 is 14.3 Å². The average Bonchev–Trinajstić information content (AvgIpc) is 2.73. The fourth-order valence-electron chi connectivity index (χ4n) is 3.11. The number of hydrogen-bond acceptors (Lipinski definition) is 5. The molecule has 1 aliphatic rings. The van der Waals surface area contributed by atoms with Gasteiger partial charge in [-0.1, -0.05) is 31.2 Å². The summed E-state index contributed by atoms with van der Waals surface area (Å²) in [6.45, 7) is 8.37. The van der Waals surface area contributed by atoms with Gasteiger partial charge in [0, 0.05) is 32.6 Å². The van der Waals surface area contributed by atoms with Gasteiger partial charge in [0.25, 0.3) is 0 Å². The van der Waals surface area contributed by atoms with Crippen molar-refractivity contribution in [3.8, 4) is 0 Å². The molecule has 156 valence electrons. The summed E-state index contributed by atoms with van der Waals surface area (Å²) in [5.74, 6) is 0.0160. The molecule has 1 heterocycles. The summed E-state index contributed by atoms with van der Waals surface area (Å²) in [6, 6.07) is 7.45. The summed E-state index contributed by atoms with van der Waals surface area (Å²) in [7, 11) is 1.73. The Bertz CT molecular complexity index is 635. The number of benzene rings is 1. The Kier molecular flexibility index (Phi) is 9.37. The van der Waals surface area contributed by atoms with Crippen LogP contribution in [0.4, 0.5) is 4.79 Å². The first kappa shape index (κ1) is 22.8. The van der Waals surface area contributed by atoms with Crippen LogP contribution in [-0.2, 0) is 22.6 Å². The van der Waals surface area contributed by atoms with Crippen molar-refractivity contribution in [3.63, 3.8) is 0 Å². The van der Waals surface area contributed by atoms with E-state index < -0.39 is 11.1 Å². The van der Waals surface area contributed by atoms with Gasteiger partial charge in [-0.25, -0.2) is 4.79 Å². The van der Waals surface area contributed by atoms with Crippen LogP contribution in [0.25, 0.3) is 0 Å². The van der Waals surface area contributed by atoms with Crippen molar-refractivity contribution in [3.05, 3.63) is 35.4 Å². The third kappa shape index (κ3) is 6.55. The second-order valence-electron chi connectivity index (χ2n) is 6.89. The Balaban J connectivity index is 1.91. The quantitative estimate of drug-likeness (QED) is 0.340. The van der Waals surface area contributed by atoms with E-state index in [1.807, 2.05) is 12.1 Å². The lowest BCUT2D eigenvalue weighted by Gasteiger charge is -2.32.